The summed E-state index contributed by atoms with van der Waals surface area (Å²) in [6.07, 6.45) is 2.63. The number of nitrogens with one attached hydrogen (secondary N) is 2. The second-order valence-corrected chi connectivity index (χ2v) is 6.93. The second-order valence-electron chi connectivity index (χ2n) is 6.93. The molecule has 0 amide bonds. The van der Waals surface area contributed by atoms with Crippen LogP contribution in [0.3, 0.4) is 0 Å². The minimum absolute atomic E-state index is 0.0123. The van der Waals surface area contributed by atoms with E-state index in [-0.39, 0.29) is 6.10 Å². The lowest BCUT2D eigenvalue weighted by molar-refractivity contribution is 0.213. The lowest BCUT2D eigenvalue weighted by Gasteiger charge is -2.23. The highest BCUT2D eigenvalue weighted by Gasteiger charge is 2.28. The number of benzene rings is 1. The number of aliphatic imine (C=N–C) groups is 1. The Kier molecular flexibility index (Phi) is 8.04. The molecular weight excluding hydrogens is 328 g/mol. The Morgan fingerprint density at radius 1 is 1.23 bits per heavy atom. The van der Waals surface area contributed by atoms with E-state index in [1.165, 1.54) is 12.8 Å². The number of guanidine groups is 1. The Morgan fingerprint density at radius 3 is 2.54 bits per heavy atom. The molecule has 2 N–H and O–H groups in total. The van der Waals surface area contributed by atoms with E-state index < -0.39 is 0 Å². The number of methoxy groups -OCH3 is 1. The van der Waals surface area contributed by atoms with Gasteiger partial charge in [0.2, 0.25) is 0 Å². The van der Waals surface area contributed by atoms with E-state index in [2.05, 4.69) is 36.4 Å². The normalized spacial score (nSPS) is 16.9. The fraction of sp³-hybridized carbons (Fsp3) is 0.650. The first-order valence-corrected chi connectivity index (χ1v) is 9.58. The van der Waals surface area contributed by atoms with Gasteiger partial charge in [-0.3, -0.25) is 9.89 Å². The van der Waals surface area contributed by atoms with Crippen molar-refractivity contribution in [2.45, 2.75) is 51.8 Å². The lowest BCUT2D eigenvalue weighted by atomic mass is 10.3. The van der Waals surface area contributed by atoms with E-state index in [4.69, 9.17) is 14.5 Å². The van der Waals surface area contributed by atoms with Crippen LogP contribution in [0.4, 0.5) is 0 Å². The fourth-order valence-corrected chi connectivity index (χ4v) is 2.75. The van der Waals surface area contributed by atoms with E-state index in [0.29, 0.717) is 12.6 Å². The molecule has 6 nitrogen and oxygen atoms in total. The molecule has 0 bridgehead atoms. The highest BCUT2D eigenvalue weighted by atomic mass is 16.5. The van der Waals surface area contributed by atoms with Gasteiger partial charge in [-0.15, -0.1) is 0 Å². The maximum Gasteiger partial charge on any atom is 0.191 e. The van der Waals surface area contributed by atoms with Crippen molar-refractivity contribution in [1.82, 2.24) is 15.5 Å². The first-order valence-electron chi connectivity index (χ1n) is 9.58. The summed E-state index contributed by atoms with van der Waals surface area (Å²) in [6, 6.07) is 8.90. The molecule has 1 aliphatic carbocycles. The Balaban J connectivity index is 1.83. The lowest BCUT2D eigenvalue weighted by Crippen LogP contribution is -2.43. The Bertz CT molecular complexity index is 575. The zero-order valence-corrected chi connectivity index (χ0v) is 16.8. The van der Waals surface area contributed by atoms with Crippen molar-refractivity contribution in [1.29, 1.82) is 0 Å². The van der Waals surface area contributed by atoms with Crippen LogP contribution in [-0.4, -0.2) is 62.8 Å². The van der Waals surface area contributed by atoms with Gasteiger partial charge in [-0.25, -0.2) is 0 Å². The van der Waals surface area contributed by atoms with Crippen LogP contribution >= 0.6 is 0 Å². The van der Waals surface area contributed by atoms with E-state index in [0.717, 1.165) is 36.6 Å². The van der Waals surface area contributed by atoms with E-state index >= 15 is 0 Å². The quantitative estimate of drug-likeness (QED) is 0.495. The maximum atomic E-state index is 5.99. The van der Waals surface area contributed by atoms with Gasteiger partial charge in [0, 0.05) is 18.6 Å². The first kappa shape index (κ1) is 20.4. The SMILES string of the molecule is CCNC(=NCC(C)N(C)C1CC1)NCC(C)Oc1ccccc1OC. The van der Waals surface area contributed by atoms with Crippen LogP contribution in [0, 0.1) is 0 Å². The Labute approximate surface area is 158 Å². The second kappa shape index (κ2) is 10.3. The number of ether oxygens (including phenoxy) is 2. The fourth-order valence-electron chi connectivity index (χ4n) is 2.75. The number of likely N-dealkylation sites (N-methyl/N-ethyl adjacent to an activating group) is 1. The molecule has 1 saturated carbocycles. The molecule has 0 saturated heterocycles. The van der Waals surface area contributed by atoms with Crippen LogP contribution in [0.15, 0.2) is 29.3 Å². The summed E-state index contributed by atoms with van der Waals surface area (Å²) < 4.78 is 11.3. The highest BCUT2D eigenvalue weighted by molar-refractivity contribution is 5.79. The molecule has 146 valence electrons. The highest BCUT2D eigenvalue weighted by Crippen LogP contribution is 2.27. The van der Waals surface area contributed by atoms with Gasteiger partial charge in [-0.2, -0.15) is 0 Å². The van der Waals surface area contributed by atoms with E-state index in [1.807, 2.05) is 31.2 Å². The zero-order valence-electron chi connectivity index (χ0n) is 16.8. The Hall–Kier alpha value is -1.95. The van der Waals surface area contributed by atoms with E-state index in [1.54, 1.807) is 7.11 Å². The van der Waals surface area contributed by atoms with Crippen LogP contribution in [0.2, 0.25) is 0 Å². The molecule has 0 aliphatic heterocycles. The first-order chi connectivity index (χ1) is 12.5. The predicted octanol–water partition coefficient (Wildman–Crippen LogP) is 2.50. The molecule has 2 rings (SSSR count). The van der Waals surface area contributed by atoms with Crippen molar-refractivity contribution >= 4 is 5.96 Å². The summed E-state index contributed by atoms with van der Waals surface area (Å²) in [4.78, 5) is 7.16. The van der Waals surface area contributed by atoms with Crippen molar-refractivity contribution in [2.24, 2.45) is 4.99 Å². The monoisotopic (exact) mass is 362 g/mol. The topological polar surface area (TPSA) is 58.1 Å². The number of para-hydroxylation sites is 2. The summed E-state index contributed by atoms with van der Waals surface area (Å²) in [5, 5.41) is 6.68. The number of rotatable bonds is 10. The van der Waals surface area contributed by atoms with Crippen LogP contribution < -0.4 is 20.1 Å². The molecule has 6 heteroatoms. The molecule has 2 atom stereocenters. The maximum absolute atomic E-state index is 5.99. The van der Waals surface area contributed by atoms with Crippen molar-refractivity contribution < 1.29 is 9.47 Å². The largest absolute Gasteiger partial charge is 0.493 e. The van der Waals surface area contributed by atoms with Gasteiger partial charge in [0.05, 0.1) is 20.2 Å². The van der Waals surface area contributed by atoms with Crippen molar-refractivity contribution in [3.8, 4) is 11.5 Å². The molecule has 1 aliphatic rings. The molecule has 0 radical (unpaired) electrons. The molecule has 1 fully saturated rings. The summed E-state index contributed by atoms with van der Waals surface area (Å²) in [7, 11) is 3.85. The van der Waals surface area contributed by atoms with Gasteiger partial charge in [0.25, 0.3) is 0 Å². The third-order valence-electron chi connectivity index (χ3n) is 4.63. The van der Waals surface area contributed by atoms with Crippen molar-refractivity contribution in [3.63, 3.8) is 0 Å². The summed E-state index contributed by atoms with van der Waals surface area (Å²) in [6.45, 7) is 8.62. The van der Waals surface area contributed by atoms with Gasteiger partial charge in [0.1, 0.15) is 6.10 Å². The van der Waals surface area contributed by atoms with Crippen molar-refractivity contribution in [3.05, 3.63) is 24.3 Å². The van der Waals surface area contributed by atoms with Crippen LogP contribution in [0.25, 0.3) is 0 Å². The third kappa shape index (κ3) is 6.41. The molecule has 2 unspecified atom stereocenters. The summed E-state index contributed by atoms with van der Waals surface area (Å²) in [5.74, 6) is 2.34. The number of nitrogens with zero attached hydrogens (tertiary/aromatic N) is 2. The van der Waals surface area contributed by atoms with Crippen LogP contribution in [0.5, 0.6) is 11.5 Å². The molecule has 0 heterocycles. The van der Waals surface area contributed by atoms with Crippen LogP contribution in [0.1, 0.15) is 33.6 Å². The van der Waals surface area contributed by atoms with Gasteiger partial charge in [-0.1, -0.05) is 12.1 Å². The number of hydrogen-bond donors (Lipinski definition) is 2. The molecule has 1 aromatic carbocycles. The van der Waals surface area contributed by atoms with Gasteiger partial charge in [-0.05, 0) is 52.8 Å². The predicted molar refractivity (Wildman–Crippen MR) is 107 cm³/mol. The molecule has 1 aromatic rings. The summed E-state index contributed by atoms with van der Waals surface area (Å²) in [5.41, 5.74) is 0. The Morgan fingerprint density at radius 2 is 1.92 bits per heavy atom. The third-order valence-corrected chi connectivity index (χ3v) is 4.63. The van der Waals surface area contributed by atoms with Gasteiger partial charge < -0.3 is 20.1 Å². The van der Waals surface area contributed by atoms with Gasteiger partial charge >= 0.3 is 0 Å². The molecular formula is C20H34N4O2. The zero-order chi connectivity index (χ0) is 18.9. The standard InChI is InChI=1S/C20H34N4O2/c1-6-21-20(22-13-15(2)24(4)17-11-12-17)23-14-16(3)26-19-10-8-7-9-18(19)25-5/h7-10,15-17H,6,11-14H2,1-5H3,(H2,21,22,23). The average Bonchev–Trinajstić information content (AvgIpc) is 3.48. The molecule has 0 aromatic heterocycles. The minimum atomic E-state index is -0.0123. The smallest absolute Gasteiger partial charge is 0.191 e. The van der Waals surface area contributed by atoms with Gasteiger partial charge in [0.15, 0.2) is 17.5 Å². The summed E-state index contributed by atoms with van der Waals surface area (Å²) >= 11 is 0. The minimum Gasteiger partial charge on any atom is -0.493 e. The number of hydrogen-bond acceptors (Lipinski definition) is 4. The van der Waals surface area contributed by atoms with Crippen molar-refractivity contribution in [2.75, 3.05) is 33.8 Å². The van der Waals surface area contributed by atoms with E-state index in [9.17, 15) is 0 Å². The van der Waals surface area contributed by atoms with Crippen LogP contribution in [-0.2, 0) is 0 Å². The molecule has 0 spiro atoms. The molecule has 26 heavy (non-hydrogen) atoms. The average molecular weight is 363 g/mol.